The fraction of sp³-hybridized carbons (Fsp3) is 0.667. The number of anilines is 3. The average molecular weight is 400 g/mol. The predicted octanol–water partition coefficient (Wildman–Crippen LogP) is 3.84. The molecule has 2 atom stereocenters. The van der Waals surface area contributed by atoms with Gasteiger partial charge in [-0.2, -0.15) is 10.1 Å². The first-order valence-electron chi connectivity index (χ1n) is 10.8. The minimum Gasteiger partial charge on any atom is -0.351 e. The van der Waals surface area contributed by atoms with Gasteiger partial charge in [-0.25, -0.2) is 9.37 Å². The van der Waals surface area contributed by atoms with Crippen LogP contribution in [0.3, 0.4) is 0 Å². The van der Waals surface area contributed by atoms with Crippen molar-refractivity contribution in [2.75, 3.05) is 30.8 Å². The summed E-state index contributed by atoms with van der Waals surface area (Å²) in [6.07, 6.45) is 8.43. The first kappa shape index (κ1) is 18.8. The standard InChI is InChI=1S/C21H30FN7/c1-29-12-21(13-29)8-6-15(10-17(21)22)24-20-23-9-7-18(26-20)25-19-11-16(27-28-19)14-4-2-3-5-14/h7,9,11,14-15,17H,2-6,8,10,12-13H2,1H3,(H3,23,24,25,26,27,28). The van der Waals surface area contributed by atoms with E-state index >= 15 is 0 Å². The van der Waals surface area contributed by atoms with Crippen molar-refractivity contribution in [3.05, 3.63) is 24.0 Å². The van der Waals surface area contributed by atoms with Gasteiger partial charge < -0.3 is 15.5 Å². The van der Waals surface area contributed by atoms with Gasteiger partial charge in [-0.15, -0.1) is 0 Å². The molecule has 1 spiro atoms. The maximum Gasteiger partial charge on any atom is 0.224 e. The van der Waals surface area contributed by atoms with Crippen molar-refractivity contribution < 1.29 is 4.39 Å². The van der Waals surface area contributed by atoms with Crippen LogP contribution in [0.2, 0.25) is 0 Å². The Morgan fingerprint density at radius 1 is 1.21 bits per heavy atom. The van der Waals surface area contributed by atoms with Gasteiger partial charge in [0.05, 0.1) is 0 Å². The van der Waals surface area contributed by atoms with E-state index in [1.165, 1.54) is 31.4 Å². The summed E-state index contributed by atoms with van der Waals surface area (Å²) in [7, 11) is 2.06. The van der Waals surface area contributed by atoms with Crippen LogP contribution in [-0.4, -0.2) is 57.4 Å². The lowest BCUT2D eigenvalue weighted by Crippen LogP contribution is -2.61. The first-order valence-corrected chi connectivity index (χ1v) is 10.8. The zero-order valence-corrected chi connectivity index (χ0v) is 17.0. The molecular formula is C21H30FN7. The molecule has 5 rings (SSSR count). The van der Waals surface area contributed by atoms with E-state index in [0.29, 0.717) is 24.1 Å². The van der Waals surface area contributed by atoms with Gasteiger partial charge in [-0.3, -0.25) is 5.10 Å². The van der Waals surface area contributed by atoms with Crippen molar-refractivity contribution in [1.82, 2.24) is 25.1 Å². The number of aromatic nitrogens is 4. The highest BCUT2D eigenvalue weighted by Crippen LogP contribution is 2.45. The van der Waals surface area contributed by atoms with Crippen LogP contribution in [-0.2, 0) is 0 Å². The van der Waals surface area contributed by atoms with E-state index in [0.717, 1.165) is 31.7 Å². The fourth-order valence-electron chi connectivity index (χ4n) is 5.41. The second-order valence-corrected chi connectivity index (χ2v) is 9.20. The number of rotatable bonds is 5. The molecule has 8 heteroatoms. The lowest BCUT2D eigenvalue weighted by Gasteiger charge is -2.54. The average Bonchev–Trinajstić information content (AvgIpc) is 3.35. The second kappa shape index (κ2) is 7.55. The number of nitrogens with one attached hydrogen (secondary N) is 3. The summed E-state index contributed by atoms with van der Waals surface area (Å²) in [4.78, 5) is 11.1. The summed E-state index contributed by atoms with van der Waals surface area (Å²) in [5, 5.41) is 14.1. The Morgan fingerprint density at radius 2 is 2.03 bits per heavy atom. The maximum atomic E-state index is 14.8. The molecule has 2 unspecified atom stereocenters. The lowest BCUT2D eigenvalue weighted by atomic mass is 9.66. The van der Waals surface area contributed by atoms with Gasteiger partial charge in [0.15, 0.2) is 5.82 Å². The Bertz CT molecular complexity index is 841. The van der Waals surface area contributed by atoms with Gasteiger partial charge in [-0.1, -0.05) is 12.8 Å². The molecule has 7 nitrogen and oxygen atoms in total. The van der Waals surface area contributed by atoms with E-state index in [9.17, 15) is 4.39 Å². The molecule has 0 amide bonds. The Kier molecular flexibility index (Phi) is 4.89. The van der Waals surface area contributed by atoms with Crippen molar-refractivity contribution in [2.45, 2.75) is 63.1 Å². The molecule has 156 valence electrons. The fourth-order valence-corrected chi connectivity index (χ4v) is 5.41. The molecule has 29 heavy (non-hydrogen) atoms. The van der Waals surface area contributed by atoms with Gasteiger partial charge in [0.1, 0.15) is 12.0 Å². The molecule has 1 saturated heterocycles. The molecule has 3 heterocycles. The number of hydrogen-bond donors (Lipinski definition) is 3. The highest BCUT2D eigenvalue weighted by Gasteiger charge is 2.50. The van der Waals surface area contributed by atoms with E-state index in [1.807, 2.05) is 6.07 Å². The highest BCUT2D eigenvalue weighted by atomic mass is 19.1. The Morgan fingerprint density at radius 3 is 2.79 bits per heavy atom. The number of H-pyrrole nitrogens is 1. The van der Waals surface area contributed by atoms with Crippen LogP contribution in [0.25, 0.3) is 0 Å². The molecule has 3 aliphatic rings. The van der Waals surface area contributed by atoms with Crippen molar-refractivity contribution >= 4 is 17.6 Å². The third-order valence-electron chi connectivity index (χ3n) is 6.95. The maximum absolute atomic E-state index is 14.8. The summed E-state index contributed by atoms with van der Waals surface area (Å²) in [5.41, 5.74) is 1.08. The van der Waals surface area contributed by atoms with E-state index in [4.69, 9.17) is 0 Å². The van der Waals surface area contributed by atoms with Gasteiger partial charge in [0.25, 0.3) is 0 Å². The van der Waals surface area contributed by atoms with E-state index in [-0.39, 0.29) is 11.5 Å². The first-order chi connectivity index (χ1) is 14.1. The molecule has 3 N–H and O–H groups in total. The van der Waals surface area contributed by atoms with Crippen LogP contribution in [0.5, 0.6) is 0 Å². The van der Waals surface area contributed by atoms with E-state index in [2.05, 4.69) is 48.8 Å². The molecule has 2 saturated carbocycles. The Balaban J connectivity index is 1.19. The monoisotopic (exact) mass is 399 g/mol. The van der Waals surface area contributed by atoms with Gasteiger partial charge in [-0.05, 0) is 45.2 Å². The summed E-state index contributed by atoms with van der Waals surface area (Å²) < 4.78 is 14.8. The molecule has 0 radical (unpaired) electrons. The van der Waals surface area contributed by atoms with Crippen LogP contribution in [0.1, 0.15) is 56.6 Å². The topological polar surface area (TPSA) is 81.8 Å². The SMILES string of the molecule is CN1CC2(CCC(Nc3nccc(Nc4cc(C5CCCC5)[nH]n4)n3)CC2F)C1. The van der Waals surface area contributed by atoms with E-state index in [1.54, 1.807) is 6.20 Å². The van der Waals surface area contributed by atoms with Crippen molar-refractivity contribution in [3.63, 3.8) is 0 Å². The van der Waals surface area contributed by atoms with Gasteiger partial charge in [0.2, 0.25) is 5.95 Å². The molecule has 1 aliphatic heterocycles. The number of aromatic amines is 1. The van der Waals surface area contributed by atoms with Crippen molar-refractivity contribution in [1.29, 1.82) is 0 Å². The van der Waals surface area contributed by atoms with Crippen LogP contribution < -0.4 is 10.6 Å². The number of likely N-dealkylation sites (tertiary alicyclic amines) is 1. The third-order valence-corrected chi connectivity index (χ3v) is 6.95. The summed E-state index contributed by atoms with van der Waals surface area (Å²) in [6.45, 7) is 1.76. The quantitative estimate of drug-likeness (QED) is 0.709. The molecule has 0 bridgehead atoms. The van der Waals surface area contributed by atoms with Gasteiger partial charge in [0, 0.05) is 48.4 Å². The molecule has 2 aromatic rings. The van der Waals surface area contributed by atoms with Gasteiger partial charge >= 0.3 is 0 Å². The van der Waals surface area contributed by atoms with E-state index < -0.39 is 6.17 Å². The molecule has 0 aromatic carbocycles. The summed E-state index contributed by atoms with van der Waals surface area (Å²) >= 11 is 0. The number of alkyl halides is 1. The molecule has 3 fully saturated rings. The summed E-state index contributed by atoms with van der Waals surface area (Å²) in [6, 6.07) is 3.98. The number of nitrogens with zero attached hydrogens (tertiary/aromatic N) is 4. The van der Waals surface area contributed by atoms with Crippen LogP contribution in [0, 0.1) is 5.41 Å². The normalized spacial score (nSPS) is 27.1. The smallest absolute Gasteiger partial charge is 0.224 e. The Hall–Kier alpha value is -2.22. The number of hydrogen-bond acceptors (Lipinski definition) is 6. The van der Waals surface area contributed by atoms with Crippen LogP contribution in [0.4, 0.5) is 22.0 Å². The summed E-state index contributed by atoms with van der Waals surface area (Å²) in [5.74, 6) is 2.60. The zero-order valence-electron chi connectivity index (χ0n) is 17.0. The third kappa shape index (κ3) is 3.82. The highest BCUT2D eigenvalue weighted by molar-refractivity contribution is 5.53. The second-order valence-electron chi connectivity index (χ2n) is 9.20. The number of halogens is 1. The van der Waals surface area contributed by atoms with Crippen molar-refractivity contribution in [3.8, 4) is 0 Å². The molecule has 2 aromatic heterocycles. The zero-order chi connectivity index (χ0) is 19.8. The lowest BCUT2D eigenvalue weighted by molar-refractivity contribution is -0.0728. The Labute approximate surface area is 170 Å². The predicted molar refractivity (Wildman–Crippen MR) is 111 cm³/mol. The minimum atomic E-state index is -0.760. The molecule has 2 aliphatic carbocycles. The minimum absolute atomic E-state index is 0.0798. The van der Waals surface area contributed by atoms with Crippen LogP contribution >= 0.6 is 0 Å². The van der Waals surface area contributed by atoms with Crippen LogP contribution in [0.15, 0.2) is 18.3 Å². The van der Waals surface area contributed by atoms with Crippen molar-refractivity contribution in [2.24, 2.45) is 5.41 Å². The molecular weight excluding hydrogens is 369 g/mol. The largest absolute Gasteiger partial charge is 0.351 e.